The van der Waals surface area contributed by atoms with Crippen LogP contribution in [0.25, 0.3) is 5.69 Å². The van der Waals surface area contributed by atoms with E-state index in [-0.39, 0.29) is 11.5 Å². The number of thioether (sulfide) groups is 1. The summed E-state index contributed by atoms with van der Waals surface area (Å²) in [5.41, 5.74) is 1.47. The van der Waals surface area contributed by atoms with Gasteiger partial charge in [-0.2, -0.15) is 0 Å². The van der Waals surface area contributed by atoms with Crippen LogP contribution in [0.4, 0.5) is 5.69 Å². The number of amides is 1. The second-order valence-corrected chi connectivity index (χ2v) is 8.54. The summed E-state index contributed by atoms with van der Waals surface area (Å²) >= 11 is 2.77. The molecule has 0 radical (unpaired) electrons. The zero-order chi connectivity index (χ0) is 18.8. The minimum atomic E-state index is -0.397. The summed E-state index contributed by atoms with van der Waals surface area (Å²) in [7, 11) is 1.79. The second-order valence-electron chi connectivity index (χ2n) is 5.77. The van der Waals surface area contributed by atoms with Gasteiger partial charge < -0.3 is 5.32 Å². The number of hydrogen-bond acceptors (Lipinski definition) is 6. The number of benzene rings is 1. The van der Waals surface area contributed by atoms with Crippen LogP contribution in [-0.4, -0.2) is 30.7 Å². The molecule has 3 rings (SSSR count). The predicted octanol–water partition coefficient (Wildman–Crippen LogP) is 2.76. The number of aryl methyl sites for hydroxylation is 1. The van der Waals surface area contributed by atoms with Crippen LogP contribution in [-0.2, 0) is 11.8 Å². The quantitative estimate of drug-likeness (QED) is 0.679. The van der Waals surface area contributed by atoms with Gasteiger partial charge in [-0.15, -0.1) is 10.2 Å². The molecule has 0 aliphatic rings. The number of rotatable bonds is 5. The van der Waals surface area contributed by atoms with E-state index < -0.39 is 5.25 Å². The Hall–Kier alpha value is -2.39. The van der Waals surface area contributed by atoms with Crippen LogP contribution < -0.4 is 10.9 Å². The summed E-state index contributed by atoms with van der Waals surface area (Å²) in [6.45, 7) is 5.46. The highest BCUT2D eigenvalue weighted by Crippen LogP contribution is 2.27. The molecular weight excluding hydrogens is 370 g/mol. The molecule has 26 heavy (non-hydrogen) atoms. The highest BCUT2D eigenvalue weighted by Gasteiger charge is 2.22. The molecule has 0 fully saturated rings. The summed E-state index contributed by atoms with van der Waals surface area (Å²) in [4.78, 5) is 25.4. The van der Waals surface area contributed by atoms with Crippen molar-refractivity contribution < 1.29 is 4.79 Å². The lowest BCUT2D eigenvalue weighted by Gasteiger charge is -2.09. The average molecular weight is 390 g/mol. The normalized spacial score (nSPS) is 12.2. The summed E-state index contributed by atoms with van der Waals surface area (Å²) in [6.07, 6.45) is 0. The van der Waals surface area contributed by atoms with Crippen molar-refractivity contribution >= 4 is 34.7 Å². The Balaban J connectivity index is 1.84. The van der Waals surface area contributed by atoms with E-state index in [0.29, 0.717) is 11.4 Å². The molecule has 0 aliphatic carbocycles. The van der Waals surface area contributed by atoms with E-state index in [1.807, 2.05) is 44.2 Å². The molecule has 3 aromatic rings. The Morgan fingerprint density at radius 3 is 2.54 bits per heavy atom. The van der Waals surface area contributed by atoms with Crippen molar-refractivity contribution in [2.24, 2.45) is 7.05 Å². The van der Waals surface area contributed by atoms with Crippen molar-refractivity contribution in [3.8, 4) is 5.69 Å². The van der Waals surface area contributed by atoms with E-state index in [2.05, 4.69) is 15.5 Å². The van der Waals surface area contributed by atoms with Crippen LogP contribution in [0.15, 0.2) is 39.5 Å². The van der Waals surface area contributed by atoms with E-state index in [9.17, 15) is 9.59 Å². The third-order valence-electron chi connectivity index (χ3n) is 3.96. The molecule has 0 bridgehead atoms. The molecule has 1 aromatic carbocycles. The molecule has 1 N–H and O–H groups in total. The van der Waals surface area contributed by atoms with Gasteiger partial charge in [0.1, 0.15) is 10.7 Å². The molecule has 1 atom stereocenters. The summed E-state index contributed by atoms with van der Waals surface area (Å²) < 4.78 is 4.01. The lowest BCUT2D eigenvalue weighted by molar-refractivity contribution is -0.115. The minimum absolute atomic E-state index is 0.242. The number of hydrogen-bond donors (Lipinski definition) is 1. The Morgan fingerprint density at radius 2 is 1.92 bits per heavy atom. The van der Waals surface area contributed by atoms with Gasteiger partial charge in [0.05, 0.1) is 16.6 Å². The smallest absolute Gasteiger partial charge is 0.295 e. The maximum absolute atomic E-state index is 12.8. The number of nitrogens with zero attached hydrogens (tertiary/aromatic N) is 4. The highest BCUT2D eigenvalue weighted by atomic mass is 32.2. The summed E-state index contributed by atoms with van der Waals surface area (Å²) in [5.74, 6) is -0.242. The predicted molar refractivity (Wildman–Crippen MR) is 104 cm³/mol. The van der Waals surface area contributed by atoms with Crippen molar-refractivity contribution in [3.05, 3.63) is 51.4 Å². The van der Waals surface area contributed by atoms with Crippen molar-refractivity contribution in [2.45, 2.75) is 30.4 Å². The van der Waals surface area contributed by atoms with E-state index in [0.717, 1.165) is 15.0 Å². The molecule has 9 heteroatoms. The zero-order valence-electron chi connectivity index (χ0n) is 14.9. The van der Waals surface area contributed by atoms with Gasteiger partial charge in [-0.25, -0.2) is 4.68 Å². The first-order valence-electron chi connectivity index (χ1n) is 8.00. The standard InChI is InChI=1S/C17H19N5O2S2/c1-10-14(16(24)22(21(10)4)13-8-6-5-7-9-13)18-15(23)11(2)25-17-20-19-12(3)26-17/h5-9,11H,1-4H3,(H,18,23)/t11-/m1/s1. The first-order chi connectivity index (χ1) is 12.4. The van der Waals surface area contributed by atoms with E-state index in [4.69, 9.17) is 0 Å². The number of anilines is 1. The van der Waals surface area contributed by atoms with Gasteiger partial charge in [0.15, 0.2) is 4.34 Å². The fraction of sp³-hybridized carbons (Fsp3) is 0.294. The highest BCUT2D eigenvalue weighted by molar-refractivity contribution is 8.02. The number of carbonyl (C=O) groups excluding carboxylic acids is 1. The molecule has 0 saturated carbocycles. The Bertz CT molecular complexity index is 990. The molecule has 0 aliphatic heterocycles. The zero-order valence-corrected chi connectivity index (χ0v) is 16.5. The fourth-order valence-electron chi connectivity index (χ4n) is 2.47. The van der Waals surface area contributed by atoms with Crippen molar-refractivity contribution in [1.82, 2.24) is 19.6 Å². The Kier molecular flexibility index (Phi) is 5.28. The minimum Gasteiger partial charge on any atom is -0.319 e. The second kappa shape index (κ2) is 7.46. The summed E-state index contributed by atoms with van der Waals surface area (Å²) in [6, 6.07) is 9.32. The Morgan fingerprint density at radius 1 is 1.23 bits per heavy atom. The average Bonchev–Trinajstić information content (AvgIpc) is 3.12. The van der Waals surface area contributed by atoms with Gasteiger partial charge >= 0.3 is 0 Å². The number of carbonyl (C=O) groups is 1. The maximum Gasteiger partial charge on any atom is 0.295 e. The molecule has 136 valence electrons. The van der Waals surface area contributed by atoms with Gasteiger partial charge in [0, 0.05) is 7.05 Å². The van der Waals surface area contributed by atoms with E-state index in [1.165, 1.54) is 27.8 Å². The fourth-order valence-corrected chi connectivity index (χ4v) is 4.43. The molecular formula is C17H19N5O2S2. The van der Waals surface area contributed by atoms with Crippen LogP contribution in [0, 0.1) is 13.8 Å². The van der Waals surface area contributed by atoms with Crippen LogP contribution in [0.1, 0.15) is 17.6 Å². The van der Waals surface area contributed by atoms with Crippen LogP contribution in [0.5, 0.6) is 0 Å². The number of para-hydroxylation sites is 1. The Labute approximate surface area is 159 Å². The lowest BCUT2D eigenvalue weighted by Crippen LogP contribution is -2.27. The SMILES string of the molecule is Cc1nnc(S[C@H](C)C(=O)Nc2c(C)n(C)n(-c3ccccc3)c2=O)s1. The van der Waals surface area contributed by atoms with Gasteiger partial charge in [0.2, 0.25) is 5.91 Å². The van der Waals surface area contributed by atoms with Crippen LogP contribution in [0.2, 0.25) is 0 Å². The largest absolute Gasteiger partial charge is 0.319 e. The lowest BCUT2D eigenvalue weighted by atomic mass is 10.3. The molecule has 1 amide bonds. The van der Waals surface area contributed by atoms with Crippen molar-refractivity contribution in [1.29, 1.82) is 0 Å². The van der Waals surface area contributed by atoms with Crippen LogP contribution >= 0.6 is 23.1 Å². The third kappa shape index (κ3) is 3.58. The topological polar surface area (TPSA) is 81.8 Å². The molecule has 0 saturated heterocycles. The van der Waals surface area contributed by atoms with Gasteiger partial charge in [-0.3, -0.25) is 14.3 Å². The van der Waals surface area contributed by atoms with Crippen molar-refractivity contribution in [2.75, 3.05) is 5.32 Å². The molecule has 0 spiro atoms. The first-order valence-corrected chi connectivity index (χ1v) is 9.69. The molecule has 0 unspecified atom stereocenters. The number of nitrogens with one attached hydrogen (secondary N) is 1. The summed E-state index contributed by atoms with van der Waals surface area (Å²) in [5, 5.41) is 11.2. The number of aromatic nitrogens is 4. The van der Waals surface area contributed by atoms with Gasteiger partial charge in [-0.1, -0.05) is 41.3 Å². The molecule has 2 heterocycles. The molecule has 2 aromatic heterocycles. The third-order valence-corrected chi connectivity index (χ3v) is 5.98. The van der Waals surface area contributed by atoms with Crippen molar-refractivity contribution in [3.63, 3.8) is 0 Å². The van der Waals surface area contributed by atoms with E-state index in [1.54, 1.807) is 18.7 Å². The van der Waals surface area contributed by atoms with Crippen LogP contribution in [0.3, 0.4) is 0 Å². The van der Waals surface area contributed by atoms with E-state index >= 15 is 0 Å². The maximum atomic E-state index is 12.8. The van der Waals surface area contributed by atoms with Gasteiger partial charge in [0.25, 0.3) is 5.56 Å². The molecule has 7 nitrogen and oxygen atoms in total. The first kappa shape index (κ1) is 18.4. The monoisotopic (exact) mass is 389 g/mol. The van der Waals surface area contributed by atoms with Gasteiger partial charge in [-0.05, 0) is 32.9 Å².